The standard InChI is InChI=1S/C14H22N4O/c1-10-7-13(16-17(10)2)14(19)18-5-3-11-8-15-9-12(11)4-6-18/h7,11-12,15H,3-6,8-9H2,1-2H3/t11-,12+. The molecule has 1 amide bonds. The maximum Gasteiger partial charge on any atom is 0.274 e. The predicted octanol–water partition coefficient (Wildman–Crippen LogP) is 0.800. The van der Waals surface area contributed by atoms with Gasteiger partial charge < -0.3 is 10.2 Å². The summed E-state index contributed by atoms with van der Waals surface area (Å²) in [5.74, 6) is 1.60. The number of carbonyl (C=O) groups is 1. The maximum absolute atomic E-state index is 12.5. The van der Waals surface area contributed by atoms with Crippen LogP contribution in [0.4, 0.5) is 0 Å². The van der Waals surface area contributed by atoms with Crippen LogP contribution >= 0.6 is 0 Å². The van der Waals surface area contributed by atoms with Crippen molar-refractivity contribution in [1.29, 1.82) is 0 Å². The van der Waals surface area contributed by atoms with E-state index in [4.69, 9.17) is 0 Å². The van der Waals surface area contributed by atoms with Gasteiger partial charge >= 0.3 is 0 Å². The van der Waals surface area contributed by atoms with Crippen LogP contribution in [0.3, 0.4) is 0 Å². The fourth-order valence-electron chi connectivity index (χ4n) is 3.25. The van der Waals surface area contributed by atoms with Gasteiger partial charge in [0.05, 0.1) is 0 Å². The molecule has 1 aromatic heterocycles. The summed E-state index contributed by atoms with van der Waals surface area (Å²) in [6, 6.07) is 1.88. The average molecular weight is 262 g/mol. The van der Waals surface area contributed by atoms with Crippen LogP contribution in [-0.4, -0.2) is 46.8 Å². The van der Waals surface area contributed by atoms with E-state index in [-0.39, 0.29) is 5.91 Å². The number of fused-ring (bicyclic) bond motifs is 1. The lowest BCUT2D eigenvalue weighted by Gasteiger charge is -2.19. The normalized spacial score (nSPS) is 27.2. The third-order valence-corrected chi connectivity index (χ3v) is 4.64. The Labute approximate surface area is 114 Å². The number of carbonyl (C=O) groups excluding carboxylic acids is 1. The van der Waals surface area contributed by atoms with Crippen molar-refractivity contribution in [3.8, 4) is 0 Å². The number of rotatable bonds is 1. The predicted molar refractivity (Wildman–Crippen MR) is 72.9 cm³/mol. The number of hydrogen-bond acceptors (Lipinski definition) is 3. The van der Waals surface area contributed by atoms with Crippen LogP contribution in [0.15, 0.2) is 6.07 Å². The molecule has 1 aromatic rings. The Kier molecular flexibility index (Phi) is 3.31. The van der Waals surface area contributed by atoms with Crippen LogP contribution in [0.5, 0.6) is 0 Å². The van der Waals surface area contributed by atoms with Crippen LogP contribution in [-0.2, 0) is 7.05 Å². The largest absolute Gasteiger partial charge is 0.337 e. The first-order valence-corrected chi connectivity index (χ1v) is 7.16. The summed E-state index contributed by atoms with van der Waals surface area (Å²) in [7, 11) is 1.88. The van der Waals surface area contributed by atoms with Crippen molar-refractivity contribution in [2.45, 2.75) is 19.8 Å². The SMILES string of the molecule is Cc1cc(C(=O)N2CC[C@@H]3CNC[C@@H]3CC2)nn1C. The molecule has 0 aliphatic carbocycles. The van der Waals surface area contributed by atoms with Crippen LogP contribution in [0.2, 0.25) is 0 Å². The molecule has 0 aromatic carbocycles. The summed E-state index contributed by atoms with van der Waals surface area (Å²) in [6.07, 6.45) is 2.24. The first-order chi connectivity index (χ1) is 9.15. The Morgan fingerprint density at radius 2 is 1.95 bits per heavy atom. The smallest absolute Gasteiger partial charge is 0.274 e. The molecule has 104 valence electrons. The zero-order chi connectivity index (χ0) is 13.4. The molecule has 19 heavy (non-hydrogen) atoms. The third kappa shape index (κ3) is 2.39. The summed E-state index contributed by atoms with van der Waals surface area (Å²) < 4.78 is 1.77. The highest BCUT2D eigenvalue weighted by atomic mass is 16.2. The molecule has 3 heterocycles. The number of amides is 1. The second-order valence-corrected chi connectivity index (χ2v) is 5.84. The maximum atomic E-state index is 12.5. The summed E-state index contributed by atoms with van der Waals surface area (Å²) in [5, 5.41) is 7.76. The molecule has 0 bridgehead atoms. The molecule has 5 heteroatoms. The van der Waals surface area contributed by atoms with E-state index in [9.17, 15) is 4.79 Å². The molecule has 0 unspecified atom stereocenters. The van der Waals surface area contributed by atoms with E-state index in [1.807, 2.05) is 24.9 Å². The Morgan fingerprint density at radius 1 is 1.32 bits per heavy atom. The van der Waals surface area contributed by atoms with Gasteiger partial charge in [-0.25, -0.2) is 0 Å². The van der Waals surface area contributed by atoms with E-state index in [0.29, 0.717) is 5.69 Å². The third-order valence-electron chi connectivity index (χ3n) is 4.64. The molecular formula is C14H22N4O. The zero-order valence-electron chi connectivity index (χ0n) is 11.7. The van der Waals surface area contributed by atoms with Gasteiger partial charge in [-0.3, -0.25) is 9.48 Å². The molecule has 2 fully saturated rings. The highest BCUT2D eigenvalue weighted by Gasteiger charge is 2.32. The summed E-state index contributed by atoms with van der Waals surface area (Å²) in [5.41, 5.74) is 1.62. The second-order valence-electron chi connectivity index (χ2n) is 5.84. The second kappa shape index (κ2) is 4.96. The Morgan fingerprint density at radius 3 is 2.47 bits per heavy atom. The summed E-state index contributed by atoms with van der Waals surface area (Å²) in [6.45, 7) is 5.96. The molecule has 3 rings (SSSR count). The number of nitrogens with one attached hydrogen (secondary N) is 1. The van der Waals surface area contributed by atoms with Crippen LogP contribution in [0.25, 0.3) is 0 Å². The van der Waals surface area contributed by atoms with Crippen molar-refractivity contribution >= 4 is 5.91 Å². The molecule has 2 atom stereocenters. The van der Waals surface area contributed by atoms with Crippen LogP contribution in [0, 0.1) is 18.8 Å². The lowest BCUT2D eigenvalue weighted by molar-refractivity contribution is 0.0752. The first kappa shape index (κ1) is 12.7. The minimum absolute atomic E-state index is 0.0941. The fourth-order valence-corrected chi connectivity index (χ4v) is 3.25. The van der Waals surface area contributed by atoms with Crippen molar-refractivity contribution in [2.75, 3.05) is 26.2 Å². The molecule has 0 radical (unpaired) electrons. The van der Waals surface area contributed by atoms with E-state index in [0.717, 1.165) is 56.6 Å². The van der Waals surface area contributed by atoms with Crippen LogP contribution in [0.1, 0.15) is 29.0 Å². The highest BCUT2D eigenvalue weighted by Crippen LogP contribution is 2.27. The topological polar surface area (TPSA) is 50.2 Å². The van der Waals surface area contributed by atoms with Gasteiger partial charge in [-0.1, -0.05) is 0 Å². The molecule has 2 aliphatic heterocycles. The summed E-state index contributed by atoms with van der Waals surface area (Å²) >= 11 is 0. The lowest BCUT2D eigenvalue weighted by atomic mass is 9.92. The fraction of sp³-hybridized carbons (Fsp3) is 0.714. The quantitative estimate of drug-likeness (QED) is 0.814. The number of likely N-dealkylation sites (tertiary alicyclic amines) is 1. The number of aryl methyl sites for hydroxylation is 2. The van der Waals surface area contributed by atoms with Gasteiger partial charge in [-0.05, 0) is 50.8 Å². The zero-order valence-corrected chi connectivity index (χ0v) is 11.7. The van der Waals surface area contributed by atoms with Gasteiger partial charge in [0.25, 0.3) is 5.91 Å². The molecule has 1 N–H and O–H groups in total. The number of aromatic nitrogens is 2. The minimum atomic E-state index is 0.0941. The lowest BCUT2D eigenvalue weighted by Crippen LogP contribution is -2.33. The number of nitrogens with zero attached hydrogens (tertiary/aromatic N) is 3. The molecular weight excluding hydrogens is 240 g/mol. The van der Waals surface area contributed by atoms with Gasteiger partial charge in [-0.15, -0.1) is 0 Å². The summed E-state index contributed by atoms with van der Waals surface area (Å²) in [4.78, 5) is 14.5. The van der Waals surface area contributed by atoms with E-state index in [1.165, 1.54) is 0 Å². The van der Waals surface area contributed by atoms with Gasteiger partial charge in [-0.2, -0.15) is 5.10 Å². The highest BCUT2D eigenvalue weighted by molar-refractivity contribution is 5.92. The van der Waals surface area contributed by atoms with Gasteiger partial charge in [0, 0.05) is 25.8 Å². The van der Waals surface area contributed by atoms with Gasteiger partial charge in [0.15, 0.2) is 5.69 Å². The monoisotopic (exact) mass is 262 g/mol. The molecule has 5 nitrogen and oxygen atoms in total. The minimum Gasteiger partial charge on any atom is -0.337 e. The van der Waals surface area contributed by atoms with Crippen LogP contribution < -0.4 is 5.32 Å². The molecule has 0 saturated carbocycles. The molecule has 2 saturated heterocycles. The van der Waals surface area contributed by atoms with Gasteiger partial charge in [0.2, 0.25) is 0 Å². The van der Waals surface area contributed by atoms with Crippen molar-refractivity contribution in [3.63, 3.8) is 0 Å². The van der Waals surface area contributed by atoms with E-state index >= 15 is 0 Å². The van der Waals surface area contributed by atoms with Crippen molar-refractivity contribution in [2.24, 2.45) is 18.9 Å². The van der Waals surface area contributed by atoms with E-state index in [1.54, 1.807) is 4.68 Å². The van der Waals surface area contributed by atoms with E-state index < -0.39 is 0 Å². The number of hydrogen-bond donors (Lipinski definition) is 1. The Bertz CT molecular complexity index is 448. The Balaban J connectivity index is 1.70. The van der Waals surface area contributed by atoms with E-state index in [2.05, 4.69) is 10.4 Å². The van der Waals surface area contributed by atoms with Crippen molar-refractivity contribution in [3.05, 3.63) is 17.5 Å². The molecule has 2 aliphatic rings. The van der Waals surface area contributed by atoms with Gasteiger partial charge in [0.1, 0.15) is 0 Å². The van der Waals surface area contributed by atoms with Crippen molar-refractivity contribution < 1.29 is 4.79 Å². The average Bonchev–Trinajstić information content (AvgIpc) is 2.91. The molecule has 0 spiro atoms. The Hall–Kier alpha value is -1.36. The van der Waals surface area contributed by atoms with Crippen molar-refractivity contribution in [1.82, 2.24) is 20.0 Å². The first-order valence-electron chi connectivity index (χ1n) is 7.16.